The number of rotatable bonds is 5. The fourth-order valence-corrected chi connectivity index (χ4v) is 1.51. The van der Waals surface area contributed by atoms with E-state index in [1.54, 1.807) is 7.05 Å². The Hall–Kier alpha value is -1.86. The summed E-state index contributed by atoms with van der Waals surface area (Å²) in [5.41, 5.74) is 2.93. The first-order chi connectivity index (χ1) is 8.17. The molecule has 0 saturated carbocycles. The second-order valence-corrected chi connectivity index (χ2v) is 3.85. The van der Waals surface area contributed by atoms with Gasteiger partial charge in [0.25, 0.3) is 0 Å². The molecule has 0 aliphatic carbocycles. The van der Waals surface area contributed by atoms with E-state index in [1.165, 1.54) is 0 Å². The van der Waals surface area contributed by atoms with E-state index in [9.17, 15) is 4.79 Å². The fourth-order valence-electron chi connectivity index (χ4n) is 1.51. The summed E-state index contributed by atoms with van der Waals surface area (Å²) in [6.45, 7) is 3.35. The quantitative estimate of drug-likeness (QED) is 0.746. The van der Waals surface area contributed by atoms with E-state index >= 15 is 0 Å². The van der Waals surface area contributed by atoms with E-state index in [1.807, 2.05) is 25.1 Å². The number of aryl methyl sites for hydroxylation is 1. The topological polar surface area (TPSA) is 64.9 Å². The Labute approximate surface area is 102 Å². The van der Waals surface area contributed by atoms with Crippen LogP contribution >= 0.6 is 0 Å². The number of nitrogens with zero attached hydrogens (tertiary/aromatic N) is 1. The van der Waals surface area contributed by atoms with Crippen molar-refractivity contribution in [3.8, 4) is 6.07 Å². The highest BCUT2D eigenvalue weighted by Crippen LogP contribution is 2.10. The molecular formula is C13H17N3O. The van der Waals surface area contributed by atoms with E-state index < -0.39 is 0 Å². The average molecular weight is 231 g/mol. The molecule has 0 unspecified atom stereocenters. The van der Waals surface area contributed by atoms with Gasteiger partial charge >= 0.3 is 0 Å². The first kappa shape index (κ1) is 13.2. The average Bonchev–Trinajstić information content (AvgIpc) is 2.35. The number of amides is 1. The van der Waals surface area contributed by atoms with Crippen LogP contribution in [0, 0.1) is 18.3 Å². The third-order valence-corrected chi connectivity index (χ3v) is 2.59. The molecule has 0 atom stereocenters. The highest BCUT2D eigenvalue weighted by Gasteiger charge is 2.01. The van der Waals surface area contributed by atoms with Gasteiger partial charge in [0, 0.05) is 26.6 Å². The maximum Gasteiger partial charge on any atom is 0.221 e. The van der Waals surface area contributed by atoms with Crippen molar-refractivity contribution in [3.63, 3.8) is 0 Å². The van der Waals surface area contributed by atoms with Crippen LogP contribution in [0.15, 0.2) is 18.2 Å². The van der Waals surface area contributed by atoms with Crippen LogP contribution in [0.1, 0.15) is 23.1 Å². The molecule has 0 spiro atoms. The third kappa shape index (κ3) is 4.25. The first-order valence-electron chi connectivity index (χ1n) is 5.58. The molecule has 0 aliphatic rings. The summed E-state index contributed by atoms with van der Waals surface area (Å²) >= 11 is 0. The van der Waals surface area contributed by atoms with Crippen LogP contribution in [0.3, 0.4) is 0 Å². The minimum atomic E-state index is 0.0362. The van der Waals surface area contributed by atoms with E-state index in [0.29, 0.717) is 25.1 Å². The summed E-state index contributed by atoms with van der Waals surface area (Å²) in [5.74, 6) is 0.0362. The predicted molar refractivity (Wildman–Crippen MR) is 66.3 cm³/mol. The lowest BCUT2D eigenvalue weighted by Gasteiger charge is -2.07. The number of hydrogen-bond acceptors (Lipinski definition) is 3. The van der Waals surface area contributed by atoms with Gasteiger partial charge in [-0.25, -0.2) is 0 Å². The zero-order chi connectivity index (χ0) is 12.7. The molecule has 4 heteroatoms. The Kier molecular flexibility index (Phi) is 5.18. The van der Waals surface area contributed by atoms with Gasteiger partial charge in [-0.15, -0.1) is 0 Å². The molecule has 0 heterocycles. The SMILES string of the molecule is CNC(=O)CCNCc1ccc(C#N)cc1C. The van der Waals surface area contributed by atoms with Crippen molar-refractivity contribution in [1.82, 2.24) is 10.6 Å². The zero-order valence-corrected chi connectivity index (χ0v) is 10.2. The standard InChI is InChI=1S/C13H17N3O/c1-10-7-11(8-14)3-4-12(10)9-16-6-5-13(17)15-2/h3-4,7,16H,5-6,9H2,1-2H3,(H,15,17). The summed E-state index contributed by atoms with van der Waals surface area (Å²) in [6, 6.07) is 7.74. The Morgan fingerprint density at radius 1 is 1.47 bits per heavy atom. The number of nitriles is 1. The van der Waals surface area contributed by atoms with Crippen LogP contribution in [-0.4, -0.2) is 19.5 Å². The van der Waals surface area contributed by atoms with Crippen LogP contribution < -0.4 is 10.6 Å². The second kappa shape index (κ2) is 6.66. The smallest absolute Gasteiger partial charge is 0.221 e. The van der Waals surface area contributed by atoms with Crippen molar-refractivity contribution < 1.29 is 4.79 Å². The first-order valence-corrected chi connectivity index (χ1v) is 5.58. The molecule has 0 aliphatic heterocycles. The summed E-state index contributed by atoms with van der Waals surface area (Å²) in [5, 5.41) is 14.5. The highest BCUT2D eigenvalue weighted by molar-refractivity contribution is 5.75. The van der Waals surface area contributed by atoms with Gasteiger partial charge in [-0.3, -0.25) is 4.79 Å². The molecule has 1 aromatic rings. The van der Waals surface area contributed by atoms with Gasteiger partial charge in [-0.1, -0.05) is 6.07 Å². The van der Waals surface area contributed by atoms with Gasteiger partial charge in [-0.05, 0) is 30.2 Å². The lowest BCUT2D eigenvalue weighted by Crippen LogP contribution is -2.24. The lowest BCUT2D eigenvalue weighted by molar-refractivity contribution is -0.120. The van der Waals surface area contributed by atoms with E-state index in [0.717, 1.165) is 11.1 Å². The zero-order valence-electron chi connectivity index (χ0n) is 10.2. The number of carbonyl (C=O) groups excluding carboxylic acids is 1. The minimum Gasteiger partial charge on any atom is -0.359 e. The highest BCUT2D eigenvalue weighted by atomic mass is 16.1. The molecule has 0 aromatic heterocycles. The van der Waals surface area contributed by atoms with Gasteiger partial charge in [0.1, 0.15) is 0 Å². The van der Waals surface area contributed by atoms with Gasteiger partial charge in [0.05, 0.1) is 11.6 Å². The molecular weight excluding hydrogens is 214 g/mol. The van der Waals surface area contributed by atoms with Crippen LogP contribution in [0.5, 0.6) is 0 Å². The molecule has 0 bridgehead atoms. The molecule has 90 valence electrons. The molecule has 0 radical (unpaired) electrons. The maximum absolute atomic E-state index is 11.0. The van der Waals surface area contributed by atoms with E-state index in [4.69, 9.17) is 5.26 Å². The number of nitrogens with one attached hydrogen (secondary N) is 2. The van der Waals surface area contributed by atoms with Gasteiger partial charge in [-0.2, -0.15) is 5.26 Å². The number of benzene rings is 1. The Morgan fingerprint density at radius 3 is 2.82 bits per heavy atom. The second-order valence-electron chi connectivity index (χ2n) is 3.85. The van der Waals surface area contributed by atoms with Crippen molar-refractivity contribution >= 4 is 5.91 Å². The van der Waals surface area contributed by atoms with Crippen LogP contribution in [0.2, 0.25) is 0 Å². The molecule has 0 fully saturated rings. The van der Waals surface area contributed by atoms with Crippen LogP contribution in [0.25, 0.3) is 0 Å². The van der Waals surface area contributed by atoms with Gasteiger partial charge < -0.3 is 10.6 Å². The predicted octanol–water partition coefficient (Wildman–Crippen LogP) is 1.09. The van der Waals surface area contributed by atoms with Crippen LogP contribution in [-0.2, 0) is 11.3 Å². The summed E-state index contributed by atoms with van der Waals surface area (Å²) in [7, 11) is 1.63. The Balaban J connectivity index is 2.42. The van der Waals surface area contributed by atoms with Crippen molar-refractivity contribution in [2.75, 3.05) is 13.6 Å². The summed E-state index contributed by atoms with van der Waals surface area (Å²) in [4.78, 5) is 11.0. The molecule has 1 aromatic carbocycles. The molecule has 2 N–H and O–H groups in total. The largest absolute Gasteiger partial charge is 0.359 e. The third-order valence-electron chi connectivity index (χ3n) is 2.59. The summed E-state index contributed by atoms with van der Waals surface area (Å²) in [6.07, 6.45) is 0.478. The number of hydrogen-bond donors (Lipinski definition) is 2. The van der Waals surface area contributed by atoms with E-state index in [-0.39, 0.29) is 5.91 Å². The van der Waals surface area contributed by atoms with Gasteiger partial charge in [0.15, 0.2) is 0 Å². The molecule has 0 saturated heterocycles. The summed E-state index contributed by atoms with van der Waals surface area (Å²) < 4.78 is 0. The molecule has 4 nitrogen and oxygen atoms in total. The molecule has 1 amide bonds. The Bertz CT molecular complexity index is 435. The monoisotopic (exact) mass is 231 g/mol. The van der Waals surface area contributed by atoms with E-state index in [2.05, 4.69) is 16.7 Å². The number of carbonyl (C=O) groups is 1. The van der Waals surface area contributed by atoms with Crippen LogP contribution in [0.4, 0.5) is 0 Å². The van der Waals surface area contributed by atoms with Crippen molar-refractivity contribution in [2.45, 2.75) is 19.9 Å². The normalized spacial score (nSPS) is 9.71. The van der Waals surface area contributed by atoms with Crippen molar-refractivity contribution in [2.24, 2.45) is 0 Å². The van der Waals surface area contributed by atoms with Gasteiger partial charge in [0.2, 0.25) is 5.91 Å². The van der Waals surface area contributed by atoms with Crippen molar-refractivity contribution in [1.29, 1.82) is 5.26 Å². The Morgan fingerprint density at radius 2 is 2.24 bits per heavy atom. The lowest BCUT2D eigenvalue weighted by atomic mass is 10.1. The van der Waals surface area contributed by atoms with Crippen molar-refractivity contribution in [3.05, 3.63) is 34.9 Å². The molecule has 17 heavy (non-hydrogen) atoms. The minimum absolute atomic E-state index is 0.0362. The fraction of sp³-hybridized carbons (Fsp3) is 0.385. The maximum atomic E-state index is 11.0. The molecule has 1 rings (SSSR count).